The zero-order chi connectivity index (χ0) is 11.9. The Morgan fingerprint density at radius 2 is 2.00 bits per heavy atom. The molecular weight excluding hydrogens is 200 g/mol. The van der Waals surface area contributed by atoms with Crippen LogP contribution in [0, 0.1) is 11.3 Å². The summed E-state index contributed by atoms with van der Waals surface area (Å²) in [7, 11) is 0. The molecule has 0 aliphatic rings. The highest BCUT2D eigenvalue weighted by molar-refractivity contribution is 5.14. The maximum absolute atomic E-state index is 8.70. The highest BCUT2D eigenvalue weighted by Gasteiger charge is 2.16. The van der Waals surface area contributed by atoms with E-state index < -0.39 is 5.54 Å². The highest BCUT2D eigenvalue weighted by atomic mass is 16.5. The van der Waals surface area contributed by atoms with E-state index in [0.29, 0.717) is 19.6 Å². The van der Waals surface area contributed by atoms with Crippen LogP contribution < -0.4 is 5.73 Å². The molecule has 86 valence electrons. The lowest BCUT2D eigenvalue weighted by Crippen LogP contribution is -2.35. The zero-order valence-corrected chi connectivity index (χ0v) is 9.65. The summed E-state index contributed by atoms with van der Waals surface area (Å²) in [6.45, 7) is 2.92. The molecule has 0 aliphatic heterocycles. The van der Waals surface area contributed by atoms with Crippen molar-refractivity contribution in [2.45, 2.75) is 25.3 Å². The van der Waals surface area contributed by atoms with Crippen LogP contribution >= 0.6 is 0 Å². The summed E-state index contributed by atoms with van der Waals surface area (Å²) in [6.07, 6.45) is 1.47. The van der Waals surface area contributed by atoms with E-state index in [1.165, 1.54) is 5.56 Å². The fourth-order valence-corrected chi connectivity index (χ4v) is 1.28. The molecule has 3 nitrogen and oxygen atoms in total. The Morgan fingerprint density at radius 3 is 2.62 bits per heavy atom. The molecule has 0 saturated heterocycles. The van der Waals surface area contributed by atoms with Crippen molar-refractivity contribution >= 4 is 0 Å². The first-order valence-corrected chi connectivity index (χ1v) is 5.46. The summed E-state index contributed by atoms with van der Waals surface area (Å²) in [5, 5.41) is 8.70. The molecule has 0 bridgehead atoms. The lowest BCUT2D eigenvalue weighted by atomic mass is 10.0. The monoisotopic (exact) mass is 218 g/mol. The van der Waals surface area contributed by atoms with Crippen LogP contribution in [0.5, 0.6) is 0 Å². The fraction of sp³-hybridized carbons (Fsp3) is 0.462. The van der Waals surface area contributed by atoms with E-state index in [9.17, 15) is 0 Å². The first kappa shape index (κ1) is 12.7. The Balaban J connectivity index is 2.12. The third-order valence-electron chi connectivity index (χ3n) is 2.40. The maximum atomic E-state index is 8.70. The van der Waals surface area contributed by atoms with E-state index in [1.54, 1.807) is 6.92 Å². The smallest absolute Gasteiger partial charge is 0.103 e. The Hall–Kier alpha value is -1.37. The molecule has 0 heterocycles. The van der Waals surface area contributed by atoms with E-state index in [2.05, 4.69) is 12.1 Å². The standard InChI is InChI=1S/C13H18N2O/c1-13(15,11-14)8-10-16-9-7-12-5-3-2-4-6-12/h2-6H,7-10,15H2,1H3. The second-order valence-electron chi connectivity index (χ2n) is 4.13. The van der Waals surface area contributed by atoms with E-state index >= 15 is 0 Å². The molecule has 2 N–H and O–H groups in total. The SMILES string of the molecule is CC(N)(C#N)CCOCCc1ccccc1. The number of benzene rings is 1. The van der Waals surface area contributed by atoms with Gasteiger partial charge >= 0.3 is 0 Å². The number of hydrogen-bond acceptors (Lipinski definition) is 3. The summed E-state index contributed by atoms with van der Waals surface area (Å²) in [6, 6.07) is 12.2. The van der Waals surface area contributed by atoms with Gasteiger partial charge in [-0.25, -0.2) is 0 Å². The average Bonchev–Trinajstić information content (AvgIpc) is 2.30. The number of hydrogen-bond donors (Lipinski definition) is 1. The fourth-order valence-electron chi connectivity index (χ4n) is 1.28. The van der Waals surface area contributed by atoms with Crippen molar-refractivity contribution in [3.8, 4) is 6.07 Å². The molecule has 0 aromatic heterocycles. The predicted octanol–water partition coefficient (Wildman–Crippen LogP) is 1.88. The minimum absolute atomic E-state index is 0.535. The number of nitrogens with zero attached hydrogens (tertiary/aromatic N) is 1. The third-order valence-corrected chi connectivity index (χ3v) is 2.40. The van der Waals surface area contributed by atoms with Gasteiger partial charge in [0.1, 0.15) is 5.54 Å². The summed E-state index contributed by atoms with van der Waals surface area (Å²) in [4.78, 5) is 0. The molecule has 16 heavy (non-hydrogen) atoms. The lowest BCUT2D eigenvalue weighted by molar-refractivity contribution is 0.125. The van der Waals surface area contributed by atoms with Crippen LogP contribution in [-0.2, 0) is 11.2 Å². The molecule has 0 aliphatic carbocycles. The van der Waals surface area contributed by atoms with Crippen LogP contribution in [0.3, 0.4) is 0 Å². The highest BCUT2D eigenvalue weighted by Crippen LogP contribution is 2.04. The van der Waals surface area contributed by atoms with Gasteiger partial charge in [0.15, 0.2) is 0 Å². The predicted molar refractivity (Wildman–Crippen MR) is 63.8 cm³/mol. The molecular formula is C13H18N2O. The van der Waals surface area contributed by atoms with Gasteiger partial charge in [0, 0.05) is 13.0 Å². The molecule has 1 aromatic rings. The Morgan fingerprint density at radius 1 is 1.31 bits per heavy atom. The van der Waals surface area contributed by atoms with E-state index in [-0.39, 0.29) is 0 Å². The molecule has 0 fully saturated rings. The minimum Gasteiger partial charge on any atom is -0.381 e. The van der Waals surface area contributed by atoms with Crippen LogP contribution in [0.2, 0.25) is 0 Å². The van der Waals surface area contributed by atoms with Gasteiger partial charge in [-0.15, -0.1) is 0 Å². The molecule has 1 rings (SSSR count). The Labute approximate surface area is 96.8 Å². The summed E-state index contributed by atoms with van der Waals surface area (Å²) in [5.41, 5.74) is 6.16. The Kier molecular flexibility index (Phi) is 4.97. The van der Waals surface area contributed by atoms with Gasteiger partial charge in [-0.05, 0) is 18.9 Å². The summed E-state index contributed by atoms with van der Waals surface area (Å²) >= 11 is 0. The van der Waals surface area contributed by atoms with Crippen molar-refractivity contribution in [2.75, 3.05) is 13.2 Å². The molecule has 0 amide bonds. The quantitative estimate of drug-likeness (QED) is 0.742. The first-order valence-electron chi connectivity index (χ1n) is 5.46. The van der Waals surface area contributed by atoms with Crippen molar-refractivity contribution < 1.29 is 4.74 Å². The van der Waals surface area contributed by atoms with Gasteiger partial charge in [0.2, 0.25) is 0 Å². The van der Waals surface area contributed by atoms with Crippen LogP contribution in [0.25, 0.3) is 0 Å². The van der Waals surface area contributed by atoms with Crippen LogP contribution in [0.1, 0.15) is 18.9 Å². The van der Waals surface area contributed by atoms with Gasteiger partial charge in [-0.1, -0.05) is 30.3 Å². The molecule has 0 radical (unpaired) electrons. The van der Waals surface area contributed by atoms with Crippen molar-refractivity contribution in [3.63, 3.8) is 0 Å². The molecule has 1 unspecified atom stereocenters. The Bertz CT molecular complexity index is 341. The van der Waals surface area contributed by atoms with Crippen LogP contribution in [0.15, 0.2) is 30.3 Å². The largest absolute Gasteiger partial charge is 0.381 e. The minimum atomic E-state index is -0.771. The topological polar surface area (TPSA) is 59.0 Å². The van der Waals surface area contributed by atoms with Crippen LogP contribution in [0.4, 0.5) is 0 Å². The first-order chi connectivity index (χ1) is 7.64. The molecule has 1 atom stereocenters. The normalized spacial score (nSPS) is 14.1. The second-order valence-corrected chi connectivity index (χ2v) is 4.13. The van der Waals surface area contributed by atoms with Gasteiger partial charge in [-0.2, -0.15) is 5.26 Å². The number of ether oxygens (including phenoxy) is 1. The summed E-state index contributed by atoms with van der Waals surface area (Å²) in [5.74, 6) is 0. The average molecular weight is 218 g/mol. The number of nitriles is 1. The molecule has 0 spiro atoms. The second kappa shape index (κ2) is 6.26. The molecule has 1 aromatic carbocycles. The molecule has 3 heteroatoms. The van der Waals surface area contributed by atoms with Crippen LogP contribution in [-0.4, -0.2) is 18.8 Å². The van der Waals surface area contributed by atoms with E-state index in [1.807, 2.05) is 24.3 Å². The van der Waals surface area contributed by atoms with Gasteiger partial charge < -0.3 is 10.5 Å². The number of nitrogens with two attached hydrogens (primary N) is 1. The van der Waals surface area contributed by atoms with E-state index in [0.717, 1.165) is 6.42 Å². The van der Waals surface area contributed by atoms with Crippen molar-refractivity contribution in [2.24, 2.45) is 5.73 Å². The van der Waals surface area contributed by atoms with Gasteiger partial charge in [0.05, 0.1) is 12.7 Å². The van der Waals surface area contributed by atoms with Gasteiger partial charge in [-0.3, -0.25) is 0 Å². The molecule has 0 saturated carbocycles. The summed E-state index contributed by atoms with van der Waals surface area (Å²) < 4.78 is 5.44. The van der Waals surface area contributed by atoms with Crippen molar-refractivity contribution in [3.05, 3.63) is 35.9 Å². The van der Waals surface area contributed by atoms with Crippen molar-refractivity contribution in [1.82, 2.24) is 0 Å². The third kappa shape index (κ3) is 4.92. The van der Waals surface area contributed by atoms with E-state index in [4.69, 9.17) is 15.7 Å². The zero-order valence-electron chi connectivity index (χ0n) is 9.65. The number of rotatable bonds is 6. The lowest BCUT2D eigenvalue weighted by Gasteiger charge is -2.14. The van der Waals surface area contributed by atoms with Gasteiger partial charge in [0.25, 0.3) is 0 Å². The maximum Gasteiger partial charge on any atom is 0.103 e. The van der Waals surface area contributed by atoms with Crippen molar-refractivity contribution in [1.29, 1.82) is 5.26 Å².